The Hall–Kier alpha value is -2.06. The van der Waals surface area contributed by atoms with E-state index in [1.54, 1.807) is 24.3 Å². The standard InChI is InChI=1S/C14H19N3O2/c1-11(2)17(10-14(16)18)7-8-19-13-5-3-12(9-15)4-6-13/h3-6,11H,7-8,10H2,1-2H3,(H2,16,18). The Morgan fingerprint density at radius 2 is 2.05 bits per heavy atom. The predicted molar refractivity (Wildman–Crippen MR) is 72.6 cm³/mol. The number of ether oxygens (including phenoxy) is 1. The van der Waals surface area contributed by atoms with Gasteiger partial charge in [-0.2, -0.15) is 5.26 Å². The topological polar surface area (TPSA) is 79.3 Å². The Balaban J connectivity index is 2.43. The third-order valence-electron chi connectivity index (χ3n) is 2.72. The fraction of sp³-hybridized carbons (Fsp3) is 0.429. The fourth-order valence-electron chi connectivity index (χ4n) is 1.63. The highest BCUT2D eigenvalue weighted by Gasteiger charge is 2.11. The summed E-state index contributed by atoms with van der Waals surface area (Å²) in [5.41, 5.74) is 5.80. The van der Waals surface area contributed by atoms with E-state index in [9.17, 15) is 4.79 Å². The zero-order valence-electron chi connectivity index (χ0n) is 11.3. The van der Waals surface area contributed by atoms with Crippen LogP contribution in [0.2, 0.25) is 0 Å². The highest BCUT2D eigenvalue weighted by molar-refractivity contribution is 5.75. The Bertz CT molecular complexity index is 449. The smallest absolute Gasteiger partial charge is 0.231 e. The minimum absolute atomic E-state index is 0.231. The number of rotatable bonds is 7. The largest absolute Gasteiger partial charge is 0.492 e. The van der Waals surface area contributed by atoms with Gasteiger partial charge < -0.3 is 10.5 Å². The van der Waals surface area contributed by atoms with E-state index in [1.807, 2.05) is 24.8 Å². The molecule has 0 fully saturated rings. The first-order valence-electron chi connectivity index (χ1n) is 6.18. The van der Waals surface area contributed by atoms with E-state index in [0.29, 0.717) is 24.5 Å². The van der Waals surface area contributed by atoms with Crippen LogP contribution < -0.4 is 10.5 Å². The van der Waals surface area contributed by atoms with Crippen LogP contribution in [-0.2, 0) is 4.79 Å². The zero-order chi connectivity index (χ0) is 14.3. The first-order valence-corrected chi connectivity index (χ1v) is 6.18. The summed E-state index contributed by atoms with van der Waals surface area (Å²) in [4.78, 5) is 12.9. The van der Waals surface area contributed by atoms with E-state index in [4.69, 9.17) is 15.7 Å². The molecular weight excluding hydrogens is 242 g/mol. The molecule has 0 unspecified atom stereocenters. The van der Waals surface area contributed by atoms with Crippen LogP contribution in [0.5, 0.6) is 5.75 Å². The van der Waals surface area contributed by atoms with Gasteiger partial charge in [0.1, 0.15) is 12.4 Å². The number of primary amides is 1. The summed E-state index contributed by atoms with van der Waals surface area (Å²) in [6.45, 7) is 5.33. The molecule has 0 saturated carbocycles. The van der Waals surface area contributed by atoms with Gasteiger partial charge in [0.15, 0.2) is 0 Å². The maximum atomic E-state index is 10.9. The molecule has 0 aliphatic rings. The van der Waals surface area contributed by atoms with Crippen molar-refractivity contribution in [2.45, 2.75) is 19.9 Å². The Morgan fingerprint density at radius 3 is 2.53 bits per heavy atom. The van der Waals surface area contributed by atoms with Gasteiger partial charge in [0.25, 0.3) is 0 Å². The van der Waals surface area contributed by atoms with E-state index in [1.165, 1.54) is 0 Å². The second-order valence-electron chi connectivity index (χ2n) is 4.52. The van der Waals surface area contributed by atoms with Crippen LogP contribution in [0.4, 0.5) is 0 Å². The number of carbonyl (C=O) groups excluding carboxylic acids is 1. The van der Waals surface area contributed by atoms with Gasteiger partial charge in [0.2, 0.25) is 5.91 Å². The molecule has 5 nitrogen and oxygen atoms in total. The van der Waals surface area contributed by atoms with Crippen molar-refractivity contribution in [3.05, 3.63) is 29.8 Å². The van der Waals surface area contributed by atoms with Gasteiger partial charge in [-0.05, 0) is 38.1 Å². The second kappa shape index (κ2) is 7.39. The van der Waals surface area contributed by atoms with E-state index in [2.05, 4.69) is 0 Å². The van der Waals surface area contributed by atoms with Gasteiger partial charge in [0, 0.05) is 12.6 Å². The first-order chi connectivity index (χ1) is 9.02. The Labute approximate surface area is 113 Å². The molecule has 0 heterocycles. The third kappa shape index (κ3) is 5.40. The second-order valence-corrected chi connectivity index (χ2v) is 4.52. The van der Waals surface area contributed by atoms with Gasteiger partial charge >= 0.3 is 0 Å². The van der Waals surface area contributed by atoms with Crippen LogP contribution in [0.3, 0.4) is 0 Å². The molecule has 0 radical (unpaired) electrons. The van der Waals surface area contributed by atoms with Crippen LogP contribution >= 0.6 is 0 Å². The molecule has 0 aliphatic heterocycles. The molecule has 0 bridgehead atoms. The third-order valence-corrected chi connectivity index (χ3v) is 2.72. The molecule has 1 aromatic carbocycles. The normalized spacial score (nSPS) is 10.5. The fourth-order valence-corrected chi connectivity index (χ4v) is 1.63. The number of nitriles is 1. The Kier molecular flexibility index (Phi) is 5.83. The quantitative estimate of drug-likeness (QED) is 0.798. The van der Waals surface area contributed by atoms with Crippen molar-refractivity contribution < 1.29 is 9.53 Å². The number of benzene rings is 1. The molecule has 102 valence electrons. The first kappa shape index (κ1) is 15.0. The van der Waals surface area contributed by atoms with Gasteiger partial charge in [-0.3, -0.25) is 9.69 Å². The average molecular weight is 261 g/mol. The minimum Gasteiger partial charge on any atom is -0.492 e. The van der Waals surface area contributed by atoms with E-state index < -0.39 is 0 Å². The maximum Gasteiger partial charge on any atom is 0.231 e. The molecule has 0 saturated heterocycles. The lowest BCUT2D eigenvalue weighted by molar-refractivity contribution is -0.119. The van der Waals surface area contributed by atoms with E-state index >= 15 is 0 Å². The molecule has 0 aromatic heterocycles. The van der Waals surface area contributed by atoms with Gasteiger partial charge in [0.05, 0.1) is 18.2 Å². The van der Waals surface area contributed by atoms with Crippen LogP contribution in [0, 0.1) is 11.3 Å². The number of amides is 1. The number of hydrogen-bond donors (Lipinski definition) is 1. The van der Waals surface area contributed by atoms with Crippen LogP contribution in [0.25, 0.3) is 0 Å². The molecule has 2 N–H and O–H groups in total. The Morgan fingerprint density at radius 1 is 1.42 bits per heavy atom. The number of nitrogens with zero attached hydrogens (tertiary/aromatic N) is 2. The van der Waals surface area contributed by atoms with Crippen molar-refractivity contribution in [2.24, 2.45) is 5.73 Å². The molecule has 0 atom stereocenters. The van der Waals surface area contributed by atoms with Crippen LogP contribution in [0.1, 0.15) is 19.4 Å². The van der Waals surface area contributed by atoms with Crippen molar-refractivity contribution in [1.82, 2.24) is 4.90 Å². The van der Waals surface area contributed by atoms with Crippen molar-refractivity contribution in [3.8, 4) is 11.8 Å². The van der Waals surface area contributed by atoms with E-state index in [-0.39, 0.29) is 18.5 Å². The average Bonchev–Trinajstić information content (AvgIpc) is 2.37. The summed E-state index contributed by atoms with van der Waals surface area (Å²) in [5, 5.41) is 8.68. The lowest BCUT2D eigenvalue weighted by Crippen LogP contribution is -2.40. The minimum atomic E-state index is -0.341. The lowest BCUT2D eigenvalue weighted by atomic mass is 10.2. The van der Waals surface area contributed by atoms with Crippen molar-refractivity contribution in [1.29, 1.82) is 5.26 Å². The summed E-state index contributed by atoms with van der Waals surface area (Å²) in [6, 6.07) is 9.21. The van der Waals surface area contributed by atoms with Crippen molar-refractivity contribution >= 4 is 5.91 Å². The summed E-state index contributed by atoms with van der Waals surface area (Å²) in [7, 11) is 0. The molecule has 0 aliphatic carbocycles. The monoisotopic (exact) mass is 261 g/mol. The van der Waals surface area contributed by atoms with Gasteiger partial charge in [-0.15, -0.1) is 0 Å². The summed E-state index contributed by atoms with van der Waals surface area (Å²) in [5.74, 6) is 0.369. The van der Waals surface area contributed by atoms with Gasteiger partial charge in [-0.1, -0.05) is 0 Å². The lowest BCUT2D eigenvalue weighted by Gasteiger charge is -2.24. The molecule has 1 amide bonds. The van der Waals surface area contributed by atoms with Crippen molar-refractivity contribution in [2.75, 3.05) is 19.7 Å². The molecule has 1 aromatic rings. The highest BCUT2D eigenvalue weighted by Crippen LogP contribution is 2.11. The summed E-state index contributed by atoms with van der Waals surface area (Å²) < 4.78 is 5.56. The molecule has 0 spiro atoms. The SMILES string of the molecule is CC(C)N(CCOc1ccc(C#N)cc1)CC(N)=O. The summed E-state index contributed by atoms with van der Waals surface area (Å²) >= 11 is 0. The number of carbonyl (C=O) groups is 1. The van der Waals surface area contributed by atoms with Crippen LogP contribution in [-0.4, -0.2) is 36.5 Å². The highest BCUT2D eigenvalue weighted by atomic mass is 16.5. The van der Waals surface area contributed by atoms with Crippen LogP contribution in [0.15, 0.2) is 24.3 Å². The molecule has 19 heavy (non-hydrogen) atoms. The maximum absolute atomic E-state index is 10.9. The zero-order valence-corrected chi connectivity index (χ0v) is 11.3. The molecule has 1 rings (SSSR count). The van der Waals surface area contributed by atoms with Crippen molar-refractivity contribution in [3.63, 3.8) is 0 Å². The molecule has 5 heteroatoms. The number of nitrogens with two attached hydrogens (primary N) is 1. The van der Waals surface area contributed by atoms with E-state index in [0.717, 1.165) is 0 Å². The molecular formula is C14H19N3O2. The van der Waals surface area contributed by atoms with Gasteiger partial charge in [-0.25, -0.2) is 0 Å². The predicted octanol–water partition coefficient (Wildman–Crippen LogP) is 1.13. The number of hydrogen-bond acceptors (Lipinski definition) is 4. The summed E-state index contributed by atoms with van der Waals surface area (Å²) in [6.07, 6.45) is 0.